The van der Waals surface area contributed by atoms with Gasteiger partial charge < -0.3 is 18.9 Å². The minimum absolute atomic E-state index is 0.0421. The van der Waals surface area contributed by atoms with E-state index in [1.807, 2.05) is 23.5 Å². The average molecular weight is 1040 g/mol. The molecule has 2 N–H and O–H groups in total. The van der Waals surface area contributed by atoms with Gasteiger partial charge in [-0.05, 0) is 111 Å². The van der Waals surface area contributed by atoms with Gasteiger partial charge in [0.2, 0.25) is 0 Å². The molecular formula is C73H62N4OS. The summed E-state index contributed by atoms with van der Waals surface area (Å²) in [6, 6.07) is 77.1. The molecule has 14 aromatic rings. The second-order valence-electron chi connectivity index (χ2n) is 23.2. The maximum absolute atomic E-state index is 6.52. The van der Waals surface area contributed by atoms with Crippen LogP contribution in [0.4, 0.5) is 5.69 Å². The lowest BCUT2D eigenvalue weighted by atomic mass is 9.81. The van der Waals surface area contributed by atoms with Crippen LogP contribution in [0.3, 0.4) is 0 Å². The van der Waals surface area contributed by atoms with Crippen LogP contribution in [0.15, 0.2) is 229 Å². The Hall–Kier alpha value is -8.68. The molecule has 6 heteroatoms. The molecule has 2 aliphatic rings. The van der Waals surface area contributed by atoms with Crippen LogP contribution >= 0.6 is 11.3 Å². The van der Waals surface area contributed by atoms with Crippen LogP contribution in [0.1, 0.15) is 81.1 Å². The van der Waals surface area contributed by atoms with E-state index >= 15 is 0 Å². The second kappa shape index (κ2) is 18.8. The molecule has 4 aromatic heterocycles. The molecule has 16 rings (SSSR count). The first-order valence-electron chi connectivity index (χ1n) is 27.6. The molecule has 0 amide bonds. The highest BCUT2D eigenvalue weighted by molar-refractivity contribution is 7.26. The van der Waals surface area contributed by atoms with Crippen molar-refractivity contribution in [1.29, 1.82) is 0 Å². The third-order valence-corrected chi connectivity index (χ3v) is 17.9. The Morgan fingerprint density at radius 3 is 1.99 bits per heavy atom. The molecule has 2 atom stereocenters. The highest BCUT2D eigenvalue weighted by Crippen LogP contribution is 2.50. The van der Waals surface area contributed by atoms with E-state index < -0.39 is 0 Å². The summed E-state index contributed by atoms with van der Waals surface area (Å²) in [5.41, 5.74) is 18.7. The van der Waals surface area contributed by atoms with Gasteiger partial charge in [-0.25, -0.2) is 0 Å². The summed E-state index contributed by atoms with van der Waals surface area (Å²) >= 11 is 1.91. The quantitative estimate of drug-likeness (QED) is 0.173. The van der Waals surface area contributed by atoms with Crippen molar-refractivity contribution in [2.75, 3.05) is 5.32 Å². The van der Waals surface area contributed by atoms with Gasteiger partial charge in [0.05, 0.1) is 28.0 Å². The van der Waals surface area contributed by atoms with Crippen molar-refractivity contribution in [2.24, 2.45) is 12.5 Å². The summed E-state index contributed by atoms with van der Waals surface area (Å²) in [7, 11) is 2.16. The summed E-state index contributed by atoms with van der Waals surface area (Å²) in [4.78, 5) is 0. The van der Waals surface area contributed by atoms with E-state index in [0.717, 1.165) is 56.2 Å². The Morgan fingerprint density at radius 1 is 0.570 bits per heavy atom. The molecule has 5 heterocycles. The zero-order valence-corrected chi connectivity index (χ0v) is 46.4. The fourth-order valence-corrected chi connectivity index (χ4v) is 14.1. The van der Waals surface area contributed by atoms with Gasteiger partial charge in [0.15, 0.2) is 0 Å². The number of anilines is 1. The molecule has 0 bridgehead atoms. The van der Waals surface area contributed by atoms with E-state index in [1.165, 1.54) is 86.3 Å². The first-order valence-corrected chi connectivity index (χ1v) is 28.4. The molecular weight excluding hydrogens is 981 g/mol. The van der Waals surface area contributed by atoms with Crippen molar-refractivity contribution in [3.05, 3.63) is 253 Å². The maximum atomic E-state index is 6.52. The molecule has 1 aliphatic carbocycles. The number of nitrogens with one attached hydrogen (secondary N) is 2. The van der Waals surface area contributed by atoms with Crippen LogP contribution in [0, 0.1) is 5.41 Å². The summed E-state index contributed by atoms with van der Waals surface area (Å²) in [5.74, 6) is 0. The van der Waals surface area contributed by atoms with Gasteiger partial charge in [0, 0.05) is 76.5 Å². The molecule has 10 aromatic carbocycles. The van der Waals surface area contributed by atoms with Gasteiger partial charge >= 0.3 is 0 Å². The Labute approximate surface area is 465 Å². The number of nitrogens with zero attached hydrogens (tertiary/aromatic N) is 2. The second-order valence-corrected chi connectivity index (χ2v) is 24.2. The van der Waals surface area contributed by atoms with E-state index in [-0.39, 0.29) is 17.6 Å². The average Bonchev–Trinajstić information content (AvgIpc) is 4.47. The first-order chi connectivity index (χ1) is 38.4. The Kier molecular flexibility index (Phi) is 11.6. The molecule has 2 unspecified atom stereocenters. The van der Waals surface area contributed by atoms with Crippen LogP contribution in [0.5, 0.6) is 0 Å². The first kappa shape index (κ1) is 48.7. The van der Waals surface area contributed by atoms with Crippen LogP contribution in [-0.2, 0) is 12.5 Å². The number of rotatable bonds is 4. The number of thiophene rings is 1. The van der Waals surface area contributed by atoms with E-state index in [2.05, 4.69) is 274 Å². The summed E-state index contributed by atoms with van der Waals surface area (Å²) in [6.07, 6.45) is 3.00. The Morgan fingerprint density at radius 2 is 1.20 bits per heavy atom. The normalized spacial score (nSPS) is 15.5. The molecule has 79 heavy (non-hydrogen) atoms. The van der Waals surface area contributed by atoms with Crippen molar-refractivity contribution in [2.45, 2.75) is 58.7 Å². The number of hydrogen-bond donors (Lipinski definition) is 2. The minimum Gasteiger partial charge on any atom is -0.455 e. The van der Waals surface area contributed by atoms with E-state index in [0.29, 0.717) is 5.41 Å². The van der Waals surface area contributed by atoms with Crippen LogP contribution in [-0.4, -0.2) is 9.13 Å². The predicted molar refractivity (Wildman–Crippen MR) is 337 cm³/mol. The molecule has 0 fully saturated rings. The fraction of sp³-hybridized carbons (Fsp3) is 0.151. The molecule has 386 valence electrons. The van der Waals surface area contributed by atoms with E-state index in [1.54, 1.807) is 0 Å². The van der Waals surface area contributed by atoms with E-state index in [9.17, 15) is 0 Å². The van der Waals surface area contributed by atoms with Crippen molar-refractivity contribution < 1.29 is 4.42 Å². The van der Waals surface area contributed by atoms with Crippen LogP contribution in [0.25, 0.3) is 103 Å². The largest absolute Gasteiger partial charge is 0.455 e. The zero-order chi connectivity index (χ0) is 53.7. The molecule has 0 saturated heterocycles. The molecule has 0 radical (unpaired) electrons. The number of aryl methyl sites for hydroxylation is 1. The Balaban J connectivity index is 0.000000165. The van der Waals surface area contributed by atoms with E-state index in [4.69, 9.17) is 4.42 Å². The molecule has 0 saturated carbocycles. The van der Waals surface area contributed by atoms with Crippen molar-refractivity contribution in [1.82, 2.24) is 14.5 Å². The highest BCUT2D eigenvalue weighted by Gasteiger charge is 2.37. The van der Waals surface area contributed by atoms with Gasteiger partial charge in [0.25, 0.3) is 0 Å². The molecule has 5 nitrogen and oxygen atoms in total. The lowest BCUT2D eigenvalue weighted by molar-refractivity contribution is 0.421. The summed E-state index contributed by atoms with van der Waals surface area (Å²) < 4.78 is 14.0. The van der Waals surface area contributed by atoms with Gasteiger partial charge in [-0.3, -0.25) is 5.32 Å². The minimum atomic E-state index is -0.0641. The third-order valence-electron chi connectivity index (χ3n) is 16.7. The summed E-state index contributed by atoms with van der Waals surface area (Å²) in [6.45, 7) is 15.0. The zero-order valence-electron chi connectivity index (χ0n) is 45.6. The topological polar surface area (TPSA) is 47.1 Å². The molecule has 1 aliphatic heterocycles. The lowest BCUT2D eigenvalue weighted by Gasteiger charge is -2.36. The van der Waals surface area contributed by atoms with Crippen molar-refractivity contribution >= 4 is 103 Å². The molecule has 0 spiro atoms. The van der Waals surface area contributed by atoms with Crippen molar-refractivity contribution in [3.63, 3.8) is 0 Å². The maximum Gasteiger partial charge on any atom is 0.145 e. The van der Waals surface area contributed by atoms with Gasteiger partial charge in [-0.15, -0.1) is 17.9 Å². The highest BCUT2D eigenvalue weighted by atomic mass is 32.1. The van der Waals surface area contributed by atoms with Gasteiger partial charge in [-0.2, -0.15) is 0 Å². The van der Waals surface area contributed by atoms with Gasteiger partial charge in [-0.1, -0.05) is 192 Å². The predicted octanol–water partition coefficient (Wildman–Crippen LogP) is 20.1. The smallest absolute Gasteiger partial charge is 0.145 e. The number of furan rings is 1. The SMILES string of the molecule is C=CCC(C)(C)C.CC1(C)c2ccccc2-c2ccc(C3NC(c4ccc(-n5c6ccccc6c6c7oc8ccccc8c7ccc65)cc4)Nc4ccccc43)cc21.Cn1c2ccccc2c2c3sc4ccccc4c3ccc21. The Bertz CT molecular complexity index is 4710. The van der Waals surface area contributed by atoms with Gasteiger partial charge in [0.1, 0.15) is 17.3 Å². The number of aromatic nitrogens is 2. The van der Waals surface area contributed by atoms with Crippen LogP contribution < -0.4 is 10.6 Å². The third kappa shape index (κ3) is 7.99. The lowest BCUT2D eigenvalue weighted by Crippen LogP contribution is -2.37. The monoisotopic (exact) mass is 1040 g/mol. The number of benzene rings is 10. The van der Waals surface area contributed by atoms with Crippen molar-refractivity contribution in [3.8, 4) is 16.8 Å². The standard InChI is InChI=1S/C47H35N3O.C19H13NS.C7H14/c1-47(2)37-15-7-3-11-31(37)32-24-21-29(27-38(32)47)44-35-13-4-8-16-39(35)48-46(49-44)28-19-22-30(23-20-28)50-40-17-9-5-14-36(40)43-41(50)26-25-34-33-12-6-10-18-42(33)51-45(34)43;1-20-15-8-4-2-7-14(15)18-16(20)11-10-13-12-6-3-5-9-17(12)21-19(13)18;1-5-6-7(2,3)4/h3-27,44,46,48-49H,1-2H3;2-11H,1H3;5H,1,6H2,2-4H3. The summed E-state index contributed by atoms with van der Waals surface area (Å²) in [5, 5.41) is 17.9. The number of allylic oxidation sites excluding steroid dienone is 1. The number of para-hydroxylation sites is 4. The number of fused-ring (bicyclic) bond motifs is 18. The van der Waals surface area contributed by atoms with Crippen LogP contribution in [0.2, 0.25) is 0 Å². The fourth-order valence-electron chi connectivity index (χ4n) is 12.9. The number of hydrogen-bond acceptors (Lipinski definition) is 4.